The lowest BCUT2D eigenvalue weighted by atomic mass is 10.0. The minimum atomic E-state index is 1.10. The molecule has 0 aliphatic rings. The Hall–Kier alpha value is -0.890. The van der Waals surface area contributed by atoms with Crippen LogP contribution in [0.15, 0.2) is 35.4 Å². The van der Waals surface area contributed by atoms with Gasteiger partial charge in [0.1, 0.15) is 0 Å². The molecule has 0 spiro atoms. The van der Waals surface area contributed by atoms with Crippen molar-refractivity contribution in [2.24, 2.45) is 0 Å². The zero-order valence-corrected chi connectivity index (χ0v) is 16.9. The number of nitrogens with one attached hydrogen (secondary N) is 1. The molecule has 0 unspecified atom stereocenters. The van der Waals surface area contributed by atoms with Gasteiger partial charge >= 0.3 is 0 Å². The maximum atomic E-state index is 4.22. The summed E-state index contributed by atoms with van der Waals surface area (Å²) in [4.78, 5) is 1.44. The van der Waals surface area contributed by atoms with Crippen LogP contribution in [-0.2, 0) is 12.8 Å². The lowest BCUT2D eigenvalue weighted by Crippen LogP contribution is -2.05. The number of hydrogen-bond acceptors (Lipinski definition) is 2. The molecule has 0 aliphatic carbocycles. The van der Waals surface area contributed by atoms with E-state index in [0.717, 1.165) is 19.3 Å². The van der Waals surface area contributed by atoms with E-state index < -0.39 is 0 Å². The Morgan fingerprint density at radius 2 is 1.46 bits per heavy atom. The average Bonchev–Trinajstić information content (AvgIpc) is 2.58. The molecule has 2 heteroatoms. The van der Waals surface area contributed by atoms with Gasteiger partial charge in [-0.1, -0.05) is 90.5 Å². The van der Waals surface area contributed by atoms with Crippen LogP contribution in [0.1, 0.15) is 89.7 Å². The van der Waals surface area contributed by atoms with E-state index in [1.54, 1.807) is 11.9 Å². The Bertz CT molecular complexity index is 443. The summed E-state index contributed by atoms with van der Waals surface area (Å²) >= 11 is 1.78. The van der Waals surface area contributed by atoms with Gasteiger partial charge in [0.15, 0.2) is 0 Å². The molecule has 24 heavy (non-hydrogen) atoms. The fourth-order valence-electron chi connectivity index (χ4n) is 2.99. The lowest BCUT2D eigenvalue weighted by molar-refractivity contribution is 0.604. The van der Waals surface area contributed by atoms with Gasteiger partial charge in [-0.2, -0.15) is 0 Å². The van der Waals surface area contributed by atoms with E-state index in [1.165, 1.54) is 73.1 Å². The van der Waals surface area contributed by atoms with Crippen molar-refractivity contribution in [2.75, 3.05) is 0 Å². The van der Waals surface area contributed by atoms with Crippen LogP contribution in [-0.4, -0.2) is 0 Å². The van der Waals surface area contributed by atoms with Crippen LogP contribution in [0.2, 0.25) is 0 Å². The summed E-state index contributed by atoms with van der Waals surface area (Å²) in [5, 5.41) is 0. The maximum absolute atomic E-state index is 4.22. The summed E-state index contributed by atoms with van der Waals surface area (Å²) in [5.41, 5.74) is 4.13. The predicted octanol–water partition coefficient (Wildman–Crippen LogP) is 7.45. The van der Waals surface area contributed by atoms with Crippen molar-refractivity contribution in [1.29, 1.82) is 0 Å². The Morgan fingerprint density at radius 1 is 0.875 bits per heavy atom. The highest BCUT2D eigenvalue weighted by molar-refractivity contribution is 7.97. The van der Waals surface area contributed by atoms with Gasteiger partial charge in [0.25, 0.3) is 0 Å². The van der Waals surface area contributed by atoms with E-state index in [1.807, 2.05) is 0 Å². The summed E-state index contributed by atoms with van der Waals surface area (Å²) in [6, 6.07) is 6.78. The molecule has 0 saturated carbocycles. The first-order chi connectivity index (χ1) is 11.7. The van der Waals surface area contributed by atoms with Crippen LogP contribution in [0.5, 0.6) is 0 Å². The molecule has 0 fully saturated rings. The van der Waals surface area contributed by atoms with Crippen molar-refractivity contribution >= 4 is 11.9 Å². The molecular weight excluding hydrogens is 310 g/mol. The Balaban J connectivity index is 2.45. The van der Waals surface area contributed by atoms with E-state index in [-0.39, 0.29) is 0 Å². The summed E-state index contributed by atoms with van der Waals surface area (Å²) in [6.45, 7) is 11.0. The smallest absolute Gasteiger partial charge is 0.0348 e. The van der Waals surface area contributed by atoms with E-state index in [9.17, 15) is 0 Å². The minimum absolute atomic E-state index is 1.10. The molecule has 0 aromatic heterocycles. The van der Waals surface area contributed by atoms with Crippen LogP contribution in [0.3, 0.4) is 0 Å². The van der Waals surface area contributed by atoms with Crippen molar-refractivity contribution in [2.45, 2.75) is 96.3 Å². The van der Waals surface area contributed by atoms with Crippen molar-refractivity contribution in [1.82, 2.24) is 4.72 Å². The van der Waals surface area contributed by atoms with Gasteiger partial charge in [0.05, 0.1) is 0 Å². The van der Waals surface area contributed by atoms with Gasteiger partial charge in [0.2, 0.25) is 0 Å². The second-order valence-electron chi connectivity index (χ2n) is 6.73. The zero-order valence-electron chi connectivity index (χ0n) is 16.1. The molecule has 136 valence electrons. The fourth-order valence-corrected chi connectivity index (χ4v) is 3.95. The summed E-state index contributed by atoms with van der Waals surface area (Å²) < 4.78 is 3.52. The van der Waals surface area contributed by atoms with Gasteiger partial charge in [-0.05, 0) is 48.8 Å². The number of rotatable bonds is 14. The largest absolute Gasteiger partial charge is 0.330 e. The van der Waals surface area contributed by atoms with Crippen molar-refractivity contribution in [3.63, 3.8) is 0 Å². The van der Waals surface area contributed by atoms with E-state index in [4.69, 9.17) is 0 Å². The van der Waals surface area contributed by atoms with Crippen LogP contribution in [0, 0.1) is 0 Å². The second-order valence-corrected chi connectivity index (χ2v) is 7.55. The summed E-state index contributed by atoms with van der Waals surface area (Å²) in [6.07, 6.45) is 13.8. The molecule has 1 aromatic rings. The molecule has 1 aromatic carbocycles. The Morgan fingerprint density at radius 3 is 2.04 bits per heavy atom. The van der Waals surface area contributed by atoms with Crippen LogP contribution >= 0.6 is 11.9 Å². The van der Waals surface area contributed by atoms with Gasteiger partial charge in [0, 0.05) is 10.6 Å². The number of hydrogen-bond donors (Lipinski definition) is 1. The Kier molecular flexibility index (Phi) is 11.8. The van der Waals surface area contributed by atoms with Gasteiger partial charge in [-0.25, -0.2) is 0 Å². The zero-order chi connectivity index (χ0) is 17.6. The molecular formula is C22H37NS. The average molecular weight is 348 g/mol. The molecule has 0 atom stereocenters. The molecule has 0 aliphatic heterocycles. The van der Waals surface area contributed by atoms with Gasteiger partial charge in [-0.3, -0.25) is 0 Å². The number of benzene rings is 1. The first kappa shape index (κ1) is 21.2. The standard InChI is InChI=1S/C22H37NS/c1-5-8-9-10-11-12-16-19(4)23-24-22-20(14-6-2)17-13-18-21(22)15-7-3/h13,17-18,23H,4-12,14-16H2,1-3H3. The molecule has 1 N–H and O–H groups in total. The number of aryl methyl sites for hydroxylation is 2. The quantitative estimate of drug-likeness (QED) is 0.277. The van der Waals surface area contributed by atoms with Crippen molar-refractivity contribution < 1.29 is 0 Å². The highest BCUT2D eigenvalue weighted by Gasteiger charge is 2.09. The number of unbranched alkanes of at least 4 members (excludes halogenated alkanes) is 5. The first-order valence-corrected chi connectivity index (χ1v) is 10.8. The van der Waals surface area contributed by atoms with E-state index >= 15 is 0 Å². The lowest BCUT2D eigenvalue weighted by Gasteiger charge is -2.15. The molecule has 1 rings (SSSR count). The highest BCUT2D eigenvalue weighted by Crippen LogP contribution is 2.28. The fraction of sp³-hybridized carbons (Fsp3) is 0.636. The minimum Gasteiger partial charge on any atom is -0.330 e. The third kappa shape index (κ3) is 8.28. The predicted molar refractivity (Wildman–Crippen MR) is 111 cm³/mol. The molecule has 1 nitrogen and oxygen atoms in total. The Labute approximate surface area is 154 Å². The van der Waals surface area contributed by atoms with Gasteiger partial charge in [-0.15, -0.1) is 0 Å². The van der Waals surface area contributed by atoms with Crippen LogP contribution in [0.25, 0.3) is 0 Å². The molecule has 0 bridgehead atoms. The topological polar surface area (TPSA) is 12.0 Å². The third-order valence-electron chi connectivity index (χ3n) is 4.35. The monoisotopic (exact) mass is 347 g/mol. The third-order valence-corrected chi connectivity index (χ3v) is 5.47. The van der Waals surface area contributed by atoms with Crippen molar-refractivity contribution in [3.8, 4) is 0 Å². The highest BCUT2D eigenvalue weighted by atomic mass is 32.2. The van der Waals surface area contributed by atoms with Gasteiger partial charge < -0.3 is 4.72 Å². The summed E-state index contributed by atoms with van der Waals surface area (Å²) in [5.74, 6) is 0. The first-order valence-electron chi connectivity index (χ1n) is 9.94. The van der Waals surface area contributed by atoms with Crippen molar-refractivity contribution in [3.05, 3.63) is 41.6 Å². The molecule has 0 saturated heterocycles. The van der Waals surface area contributed by atoms with Crippen LogP contribution < -0.4 is 4.72 Å². The van der Waals surface area contributed by atoms with E-state index in [0.29, 0.717) is 0 Å². The normalized spacial score (nSPS) is 10.8. The summed E-state index contributed by atoms with van der Waals surface area (Å²) in [7, 11) is 0. The van der Waals surface area contributed by atoms with Crippen LogP contribution in [0.4, 0.5) is 0 Å². The van der Waals surface area contributed by atoms with E-state index in [2.05, 4.69) is 50.3 Å². The molecule has 0 radical (unpaired) electrons. The molecule has 0 amide bonds. The maximum Gasteiger partial charge on any atom is 0.0348 e. The number of allylic oxidation sites excluding steroid dienone is 1. The SMILES string of the molecule is C=C(CCCCCCCC)NSc1c(CCC)cccc1CCC. The molecule has 0 heterocycles. The second kappa shape index (κ2) is 13.4.